The van der Waals surface area contributed by atoms with Gasteiger partial charge < -0.3 is 9.32 Å². The van der Waals surface area contributed by atoms with Crippen molar-refractivity contribution in [2.45, 2.75) is 24.7 Å². The Morgan fingerprint density at radius 3 is 1.36 bits per heavy atom. The largest absolute Gasteiger partial charge is 0.455 e. The number of para-hydroxylation sites is 2. The van der Waals surface area contributed by atoms with Crippen LogP contribution in [0.4, 0.5) is 17.1 Å². The molecular formula is C70H47NO. The zero-order valence-corrected chi connectivity index (χ0v) is 40.0. The molecular weight excluding hydrogens is 871 g/mol. The summed E-state index contributed by atoms with van der Waals surface area (Å²) in [6.45, 7) is 4.72. The number of hydrogen-bond acceptors (Lipinski definition) is 2. The van der Waals surface area contributed by atoms with Gasteiger partial charge in [-0.15, -0.1) is 0 Å². The molecule has 12 aromatic rings. The molecule has 0 bridgehead atoms. The van der Waals surface area contributed by atoms with Gasteiger partial charge in [-0.2, -0.15) is 0 Å². The number of anilines is 3. The van der Waals surface area contributed by atoms with E-state index >= 15 is 0 Å². The monoisotopic (exact) mass is 917 g/mol. The molecule has 0 atom stereocenters. The van der Waals surface area contributed by atoms with E-state index < -0.39 is 5.41 Å². The number of furan rings is 1. The highest BCUT2D eigenvalue weighted by atomic mass is 16.3. The first-order chi connectivity index (χ1) is 35.5. The first-order valence-corrected chi connectivity index (χ1v) is 25.2. The summed E-state index contributed by atoms with van der Waals surface area (Å²) in [5, 5.41) is 2.27. The molecule has 338 valence electrons. The van der Waals surface area contributed by atoms with E-state index in [1.807, 2.05) is 6.07 Å². The minimum atomic E-state index is -0.534. The van der Waals surface area contributed by atoms with E-state index in [4.69, 9.17) is 4.42 Å². The van der Waals surface area contributed by atoms with Crippen LogP contribution in [0.1, 0.15) is 47.2 Å². The minimum Gasteiger partial charge on any atom is -0.455 e. The van der Waals surface area contributed by atoms with Crippen LogP contribution in [-0.2, 0) is 10.8 Å². The van der Waals surface area contributed by atoms with Crippen molar-refractivity contribution in [2.75, 3.05) is 4.90 Å². The molecule has 0 saturated carbocycles. The van der Waals surface area contributed by atoms with E-state index in [-0.39, 0.29) is 5.41 Å². The molecule has 2 nitrogen and oxygen atoms in total. The van der Waals surface area contributed by atoms with Gasteiger partial charge in [0, 0.05) is 38.8 Å². The highest BCUT2D eigenvalue weighted by Gasteiger charge is 2.49. The Hall–Kier alpha value is -8.98. The van der Waals surface area contributed by atoms with Gasteiger partial charge in [-0.1, -0.05) is 214 Å². The van der Waals surface area contributed by atoms with E-state index in [9.17, 15) is 0 Å². The van der Waals surface area contributed by atoms with Gasteiger partial charge in [0.1, 0.15) is 11.2 Å². The summed E-state index contributed by atoms with van der Waals surface area (Å²) in [5.74, 6) is 0. The van der Waals surface area contributed by atoms with Crippen molar-refractivity contribution in [3.8, 4) is 66.8 Å². The zero-order valence-electron chi connectivity index (χ0n) is 40.0. The Kier molecular flexibility index (Phi) is 8.66. The van der Waals surface area contributed by atoms with Crippen molar-refractivity contribution in [2.24, 2.45) is 0 Å². The molecule has 0 saturated heterocycles. The Morgan fingerprint density at radius 1 is 0.292 bits per heavy atom. The van der Waals surface area contributed by atoms with Crippen molar-refractivity contribution in [1.29, 1.82) is 0 Å². The van der Waals surface area contributed by atoms with Gasteiger partial charge in [0.15, 0.2) is 0 Å². The molecule has 2 heteroatoms. The van der Waals surface area contributed by atoms with Crippen LogP contribution in [0, 0.1) is 0 Å². The zero-order chi connectivity index (χ0) is 47.7. The highest BCUT2D eigenvalue weighted by molar-refractivity contribution is 6.09. The molecule has 0 aliphatic heterocycles. The standard InChI is InChI=1S/C70H47NO/c1-69(2)61-25-10-5-20-55(61)57-41-39-49(43-65(57)69)71(48-37-32-45(33-38-48)50-23-15-24-60-59-22-9-14-29-67(59)72-68(50)60)47-35-30-44(31-36-47)46-34-40-58-56-21-8-13-28-64(56)70(66(58)42-46)62-26-11-6-18-53(62)51-16-3-4-17-52(51)54-19-7-12-27-63(54)70/h3-43H,1-2H3. The van der Waals surface area contributed by atoms with E-state index in [1.165, 1.54) is 89.0 Å². The molecule has 3 aliphatic rings. The quantitative estimate of drug-likeness (QED) is 0.171. The maximum absolute atomic E-state index is 6.50. The lowest BCUT2D eigenvalue weighted by Gasteiger charge is -2.35. The smallest absolute Gasteiger partial charge is 0.143 e. The summed E-state index contributed by atoms with van der Waals surface area (Å²) >= 11 is 0. The summed E-state index contributed by atoms with van der Waals surface area (Å²) in [5.41, 5.74) is 27.3. The predicted molar refractivity (Wildman–Crippen MR) is 299 cm³/mol. The second-order valence-electron chi connectivity index (χ2n) is 20.3. The Morgan fingerprint density at radius 2 is 0.722 bits per heavy atom. The molecule has 72 heavy (non-hydrogen) atoms. The summed E-state index contributed by atoms with van der Waals surface area (Å²) in [6.07, 6.45) is 0. The van der Waals surface area contributed by atoms with Crippen LogP contribution in [0.5, 0.6) is 0 Å². The SMILES string of the molecule is CC1(C)c2ccccc2-c2ccc(N(c3ccc(-c4ccc5c(c4)C4(c6ccccc6-c6ccccc6-c6ccccc64)c4ccccc4-5)cc3)c3ccc(-c4cccc5c4oc4ccccc45)cc3)cc21. The predicted octanol–water partition coefficient (Wildman–Crippen LogP) is 18.7. The van der Waals surface area contributed by atoms with Crippen molar-refractivity contribution < 1.29 is 4.42 Å². The lowest BCUT2D eigenvalue weighted by Crippen LogP contribution is -2.29. The van der Waals surface area contributed by atoms with Crippen molar-refractivity contribution in [1.82, 2.24) is 0 Å². The fourth-order valence-corrected chi connectivity index (χ4v) is 13.1. The minimum absolute atomic E-state index is 0.141. The van der Waals surface area contributed by atoms with Gasteiger partial charge in [-0.25, -0.2) is 0 Å². The Bertz CT molecular complexity index is 4120. The van der Waals surface area contributed by atoms with Crippen LogP contribution in [0.2, 0.25) is 0 Å². The molecule has 0 N–H and O–H groups in total. The van der Waals surface area contributed by atoms with Gasteiger partial charge in [-0.05, 0) is 143 Å². The van der Waals surface area contributed by atoms with E-state index in [2.05, 4.69) is 261 Å². The second kappa shape index (κ2) is 15.3. The summed E-state index contributed by atoms with van der Waals surface area (Å²) in [7, 11) is 0. The summed E-state index contributed by atoms with van der Waals surface area (Å²) < 4.78 is 6.50. The summed E-state index contributed by atoms with van der Waals surface area (Å²) in [4.78, 5) is 2.42. The average molecular weight is 918 g/mol. The fraction of sp³-hybridized carbons (Fsp3) is 0.0571. The Labute approximate surface area is 419 Å². The molecule has 1 aromatic heterocycles. The maximum Gasteiger partial charge on any atom is 0.143 e. The second-order valence-corrected chi connectivity index (χ2v) is 20.3. The molecule has 1 heterocycles. The number of nitrogens with zero attached hydrogens (tertiary/aromatic N) is 1. The van der Waals surface area contributed by atoms with Crippen molar-refractivity contribution in [3.05, 3.63) is 282 Å². The van der Waals surface area contributed by atoms with Gasteiger partial charge in [0.2, 0.25) is 0 Å². The molecule has 1 spiro atoms. The Balaban J connectivity index is 0.874. The molecule has 0 amide bonds. The van der Waals surface area contributed by atoms with Gasteiger partial charge in [-0.3, -0.25) is 0 Å². The van der Waals surface area contributed by atoms with Crippen LogP contribution in [0.25, 0.3) is 88.7 Å². The number of benzene rings is 11. The number of fused-ring (bicyclic) bond motifs is 18. The molecule has 0 fully saturated rings. The third-order valence-electron chi connectivity index (χ3n) is 16.3. The third-order valence-corrected chi connectivity index (χ3v) is 16.3. The van der Waals surface area contributed by atoms with E-state index in [1.54, 1.807) is 0 Å². The molecule has 0 radical (unpaired) electrons. The average Bonchev–Trinajstić information content (AvgIpc) is 4.02. The lowest BCUT2D eigenvalue weighted by molar-refractivity contribution is 0.660. The van der Waals surface area contributed by atoms with Gasteiger partial charge in [0.25, 0.3) is 0 Å². The fourth-order valence-electron chi connectivity index (χ4n) is 13.1. The van der Waals surface area contributed by atoms with Crippen LogP contribution >= 0.6 is 0 Å². The lowest BCUT2D eigenvalue weighted by atomic mass is 9.65. The first kappa shape index (κ1) is 40.9. The molecule has 15 rings (SSSR count). The highest BCUT2D eigenvalue weighted by Crippen LogP contribution is 2.62. The van der Waals surface area contributed by atoms with Crippen LogP contribution in [0.3, 0.4) is 0 Å². The molecule has 11 aromatic carbocycles. The topological polar surface area (TPSA) is 16.4 Å². The van der Waals surface area contributed by atoms with Gasteiger partial charge in [0.05, 0.1) is 5.41 Å². The summed E-state index contributed by atoms with van der Waals surface area (Å²) in [6, 6.07) is 92.4. The normalized spacial score (nSPS) is 13.9. The van der Waals surface area contributed by atoms with Crippen LogP contribution < -0.4 is 4.90 Å². The number of hydrogen-bond donors (Lipinski definition) is 0. The number of rotatable bonds is 5. The van der Waals surface area contributed by atoms with Gasteiger partial charge >= 0.3 is 0 Å². The third kappa shape index (κ3) is 5.66. The van der Waals surface area contributed by atoms with E-state index in [0.29, 0.717) is 0 Å². The van der Waals surface area contributed by atoms with Crippen molar-refractivity contribution in [3.63, 3.8) is 0 Å². The maximum atomic E-state index is 6.50. The van der Waals surface area contributed by atoms with Crippen LogP contribution in [0.15, 0.2) is 253 Å². The van der Waals surface area contributed by atoms with Crippen LogP contribution in [-0.4, -0.2) is 0 Å². The van der Waals surface area contributed by atoms with Crippen molar-refractivity contribution >= 4 is 39.0 Å². The molecule has 3 aliphatic carbocycles. The first-order valence-electron chi connectivity index (χ1n) is 25.2. The molecule has 0 unspecified atom stereocenters. The van der Waals surface area contributed by atoms with E-state index in [0.717, 1.165) is 50.1 Å².